The first-order valence-corrected chi connectivity index (χ1v) is 7.78. The first-order valence-electron chi connectivity index (χ1n) is 7.78. The topological polar surface area (TPSA) is 29.5 Å². The van der Waals surface area contributed by atoms with Crippen LogP contribution in [0.1, 0.15) is 43.0 Å². The molecule has 0 N–H and O–H groups in total. The van der Waals surface area contributed by atoms with Crippen molar-refractivity contribution in [1.29, 1.82) is 0 Å². The predicted octanol–water partition coefficient (Wildman–Crippen LogP) is 3.25. The Morgan fingerprint density at radius 3 is 2.48 bits per heavy atom. The van der Waals surface area contributed by atoms with E-state index in [0.29, 0.717) is 17.1 Å². The van der Waals surface area contributed by atoms with Crippen molar-refractivity contribution in [3.05, 3.63) is 35.6 Å². The van der Waals surface area contributed by atoms with Gasteiger partial charge in [0.05, 0.1) is 6.10 Å². The summed E-state index contributed by atoms with van der Waals surface area (Å²) in [5.74, 6) is -0.286. The second-order valence-corrected chi connectivity index (χ2v) is 6.28. The van der Waals surface area contributed by atoms with Gasteiger partial charge in [-0.1, -0.05) is 0 Å². The highest BCUT2D eigenvalue weighted by Gasteiger charge is 2.46. The molecule has 21 heavy (non-hydrogen) atoms. The SMILES string of the molecule is CCOC1CC2(CCN(C(=O)c3ccc(F)cc3)CC2)C1. The maximum absolute atomic E-state index is 12.9. The van der Waals surface area contributed by atoms with Gasteiger partial charge in [0.25, 0.3) is 5.91 Å². The van der Waals surface area contributed by atoms with Crippen LogP contribution in [0.3, 0.4) is 0 Å². The number of carbonyl (C=O) groups excluding carboxylic acids is 1. The van der Waals surface area contributed by atoms with Crippen LogP contribution in [0.2, 0.25) is 0 Å². The number of nitrogens with zero attached hydrogens (tertiary/aromatic N) is 1. The molecule has 2 aliphatic rings. The summed E-state index contributed by atoms with van der Waals surface area (Å²) in [4.78, 5) is 14.3. The minimum absolute atomic E-state index is 0.0190. The molecule has 1 aliphatic heterocycles. The number of hydrogen-bond acceptors (Lipinski definition) is 2. The molecule has 3 nitrogen and oxygen atoms in total. The molecule has 1 saturated heterocycles. The van der Waals surface area contributed by atoms with Crippen molar-refractivity contribution in [2.24, 2.45) is 5.41 Å². The molecule has 1 aliphatic carbocycles. The van der Waals surface area contributed by atoms with Crippen LogP contribution in [0.4, 0.5) is 4.39 Å². The molecular formula is C17H22FNO2. The van der Waals surface area contributed by atoms with E-state index in [2.05, 4.69) is 0 Å². The summed E-state index contributed by atoms with van der Waals surface area (Å²) in [6.07, 6.45) is 4.82. The lowest BCUT2D eigenvalue weighted by atomic mass is 9.61. The number of ether oxygens (including phenoxy) is 1. The van der Waals surface area contributed by atoms with Crippen LogP contribution in [0.15, 0.2) is 24.3 Å². The summed E-state index contributed by atoms with van der Waals surface area (Å²) < 4.78 is 18.6. The second-order valence-electron chi connectivity index (χ2n) is 6.28. The number of hydrogen-bond donors (Lipinski definition) is 0. The van der Waals surface area contributed by atoms with Gasteiger partial charge in [-0.3, -0.25) is 4.79 Å². The average molecular weight is 291 g/mol. The zero-order valence-corrected chi connectivity index (χ0v) is 12.5. The van der Waals surface area contributed by atoms with Gasteiger partial charge in [0.2, 0.25) is 0 Å². The standard InChI is InChI=1S/C17H22FNO2/c1-2-21-15-11-17(12-15)7-9-19(10-8-17)16(20)13-3-5-14(18)6-4-13/h3-6,15H,2,7-12H2,1H3. The van der Waals surface area contributed by atoms with Crippen molar-refractivity contribution in [1.82, 2.24) is 4.90 Å². The molecule has 0 atom stereocenters. The summed E-state index contributed by atoms with van der Waals surface area (Å²) in [6.45, 7) is 4.43. The number of carbonyl (C=O) groups is 1. The summed E-state index contributed by atoms with van der Waals surface area (Å²) in [6, 6.07) is 5.82. The Morgan fingerprint density at radius 2 is 1.90 bits per heavy atom. The van der Waals surface area contributed by atoms with Crippen LogP contribution in [-0.4, -0.2) is 36.6 Å². The van der Waals surface area contributed by atoms with Crippen molar-refractivity contribution >= 4 is 5.91 Å². The molecule has 114 valence electrons. The molecule has 0 aromatic heterocycles. The Balaban J connectivity index is 1.54. The van der Waals surface area contributed by atoms with Crippen LogP contribution in [0.5, 0.6) is 0 Å². The van der Waals surface area contributed by atoms with Gasteiger partial charge in [0.1, 0.15) is 5.82 Å². The Hall–Kier alpha value is -1.42. The molecule has 1 aromatic rings. The molecule has 1 aromatic carbocycles. The number of rotatable bonds is 3. The predicted molar refractivity (Wildman–Crippen MR) is 78.6 cm³/mol. The van der Waals surface area contributed by atoms with Crippen molar-refractivity contribution in [2.75, 3.05) is 19.7 Å². The van der Waals surface area contributed by atoms with Gasteiger partial charge in [-0.25, -0.2) is 4.39 Å². The molecule has 0 unspecified atom stereocenters. The average Bonchev–Trinajstić information content (AvgIpc) is 2.47. The fourth-order valence-electron chi connectivity index (χ4n) is 3.63. The van der Waals surface area contributed by atoms with Gasteiger partial charge in [0, 0.05) is 25.3 Å². The monoisotopic (exact) mass is 291 g/mol. The van der Waals surface area contributed by atoms with Crippen LogP contribution >= 0.6 is 0 Å². The zero-order chi connectivity index (χ0) is 14.9. The molecule has 4 heteroatoms. The van der Waals surface area contributed by atoms with Gasteiger partial charge in [-0.2, -0.15) is 0 Å². The molecule has 1 spiro atoms. The highest BCUT2D eigenvalue weighted by Crippen LogP contribution is 2.50. The van der Waals surface area contributed by atoms with Crippen LogP contribution in [-0.2, 0) is 4.74 Å². The third-order valence-electron chi connectivity index (χ3n) is 4.93. The minimum atomic E-state index is -0.305. The van der Waals surface area contributed by atoms with Gasteiger partial charge in [-0.05, 0) is 62.3 Å². The summed E-state index contributed by atoms with van der Waals surface area (Å²) in [7, 11) is 0. The van der Waals surface area contributed by atoms with E-state index in [1.807, 2.05) is 11.8 Å². The smallest absolute Gasteiger partial charge is 0.253 e. The van der Waals surface area contributed by atoms with E-state index in [1.165, 1.54) is 12.1 Å². The number of piperidine rings is 1. The molecule has 1 amide bonds. The van der Waals surface area contributed by atoms with E-state index in [0.717, 1.165) is 45.4 Å². The third-order valence-corrected chi connectivity index (χ3v) is 4.93. The van der Waals surface area contributed by atoms with Crippen molar-refractivity contribution in [2.45, 2.75) is 38.7 Å². The Kier molecular flexibility index (Phi) is 3.98. The molecule has 3 rings (SSSR count). The molecule has 1 heterocycles. The van der Waals surface area contributed by atoms with Gasteiger partial charge in [0.15, 0.2) is 0 Å². The lowest BCUT2D eigenvalue weighted by molar-refractivity contribution is -0.0980. The Bertz CT molecular complexity index is 498. The van der Waals surface area contributed by atoms with Crippen molar-refractivity contribution in [3.63, 3.8) is 0 Å². The molecule has 1 saturated carbocycles. The van der Waals surface area contributed by atoms with Gasteiger partial charge >= 0.3 is 0 Å². The largest absolute Gasteiger partial charge is 0.378 e. The summed E-state index contributed by atoms with van der Waals surface area (Å²) >= 11 is 0. The van der Waals surface area contributed by atoms with E-state index in [-0.39, 0.29) is 11.7 Å². The first-order chi connectivity index (χ1) is 10.1. The Morgan fingerprint density at radius 1 is 1.29 bits per heavy atom. The van der Waals surface area contributed by atoms with Crippen LogP contribution in [0.25, 0.3) is 0 Å². The van der Waals surface area contributed by atoms with Gasteiger partial charge < -0.3 is 9.64 Å². The molecule has 0 radical (unpaired) electrons. The van der Waals surface area contributed by atoms with Crippen LogP contribution in [0, 0.1) is 11.2 Å². The number of benzene rings is 1. The molecule has 0 bridgehead atoms. The van der Waals surface area contributed by atoms with Crippen molar-refractivity contribution in [3.8, 4) is 0 Å². The minimum Gasteiger partial charge on any atom is -0.378 e. The molecular weight excluding hydrogens is 269 g/mol. The highest BCUT2D eigenvalue weighted by atomic mass is 19.1. The normalized spacial score (nSPS) is 21.3. The number of halogens is 1. The zero-order valence-electron chi connectivity index (χ0n) is 12.5. The highest BCUT2D eigenvalue weighted by molar-refractivity contribution is 5.94. The van der Waals surface area contributed by atoms with E-state index in [4.69, 9.17) is 4.74 Å². The fraction of sp³-hybridized carbons (Fsp3) is 0.588. The number of likely N-dealkylation sites (tertiary alicyclic amines) is 1. The lowest BCUT2D eigenvalue weighted by Crippen LogP contribution is -2.51. The lowest BCUT2D eigenvalue weighted by Gasteiger charge is -2.51. The summed E-state index contributed by atoms with van der Waals surface area (Å²) in [5, 5.41) is 0. The third kappa shape index (κ3) is 2.95. The quantitative estimate of drug-likeness (QED) is 0.855. The maximum atomic E-state index is 12.9. The van der Waals surface area contributed by atoms with E-state index in [1.54, 1.807) is 12.1 Å². The molecule has 2 fully saturated rings. The maximum Gasteiger partial charge on any atom is 0.253 e. The van der Waals surface area contributed by atoms with Crippen molar-refractivity contribution < 1.29 is 13.9 Å². The first kappa shape index (κ1) is 14.5. The summed E-state index contributed by atoms with van der Waals surface area (Å²) in [5.41, 5.74) is 0.979. The second kappa shape index (κ2) is 5.76. The fourth-order valence-corrected chi connectivity index (χ4v) is 3.63. The van der Waals surface area contributed by atoms with Gasteiger partial charge in [-0.15, -0.1) is 0 Å². The van der Waals surface area contributed by atoms with Crippen LogP contribution < -0.4 is 0 Å². The van der Waals surface area contributed by atoms with E-state index >= 15 is 0 Å². The van der Waals surface area contributed by atoms with E-state index < -0.39 is 0 Å². The number of amides is 1. The Labute approximate surface area is 125 Å². The van der Waals surface area contributed by atoms with E-state index in [9.17, 15) is 9.18 Å².